The second-order valence-electron chi connectivity index (χ2n) is 9.43. The van der Waals surface area contributed by atoms with E-state index >= 15 is 0 Å². The molecule has 1 N–H and O–H groups in total. The summed E-state index contributed by atoms with van der Waals surface area (Å²) in [6.45, 7) is 4.56. The van der Waals surface area contributed by atoms with Gasteiger partial charge in [0.2, 0.25) is 0 Å². The number of halogens is 1. The van der Waals surface area contributed by atoms with E-state index in [1.54, 1.807) is 4.57 Å². The highest BCUT2D eigenvalue weighted by atomic mass is 35.5. The number of H-pyrrole nitrogens is 1. The molecule has 2 aromatic heterocycles. The number of unbranched alkanes of at least 4 members (excludes halogenated alkanes) is 1. The second kappa shape index (κ2) is 12.5. The monoisotopic (exact) mass is 542 g/mol. The fourth-order valence-electron chi connectivity index (χ4n) is 4.73. The lowest BCUT2D eigenvalue weighted by Crippen LogP contribution is -2.30. The molecular weight excluding hydrogens is 512 g/mol. The van der Waals surface area contributed by atoms with E-state index in [2.05, 4.69) is 17.1 Å². The van der Waals surface area contributed by atoms with Gasteiger partial charge in [0.15, 0.2) is 5.82 Å². The van der Waals surface area contributed by atoms with Crippen molar-refractivity contribution in [2.45, 2.75) is 46.1 Å². The maximum Gasteiger partial charge on any atom is 0.439 e. The molecule has 7 nitrogen and oxygen atoms in total. The molecule has 0 saturated heterocycles. The molecule has 2 heterocycles. The first-order valence-electron chi connectivity index (χ1n) is 12.9. The Morgan fingerprint density at radius 2 is 1.56 bits per heavy atom. The van der Waals surface area contributed by atoms with Crippen LogP contribution in [-0.2, 0) is 19.4 Å². The van der Waals surface area contributed by atoms with Crippen LogP contribution in [0.1, 0.15) is 48.0 Å². The van der Waals surface area contributed by atoms with E-state index in [0.717, 1.165) is 64.2 Å². The van der Waals surface area contributed by atoms with Gasteiger partial charge >= 0.3 is 5.76 Å². The van der Waals surface area contributed by atoms with Gasteiger partial charge in [-0.1, -0.05) is 97.4 Å². The highest BCUT2D eigenvalue weighted by Gasteiger charge is 2.16. The Hall–Kier alpha value is -4.23. The summed E-state index contributed by atoms with van der Waals surface area (Å²) >= 11 is 0. The first-order valence-corrected chi connectivity index (χ1v) is 12.9. The zero-order valence-electron chi connectivity index (χ0n) is 22.0. The maximum atomic E-state index is 13.8. The third-order valence-electron chi connectivity index (χ3n) is 6.76. The Balaban J connectivity index is 0.00000353. The Morgan fingerprint density at radius 1 is 0.872 bits per heavy atom. The minimum absolute atomic E-state index is 0. The third kappa shape index (κ3) is 6.26. The molecule has 3 aromatic carbocycles. The average Bonchev–Trinajstić information content (AvgIpc) is 3.38. The van der Waals surface area contributed by atoms with Crippen LogP contribution >= 0.6 is 12.4 Å². The van der Waals surface area contributed by atoms with Crippen LogP contribution in [-0.4, -0.2) is 19.7 Å². The van der Waals surface area contributed by atoms with Crippen molar-refractivity contribution >= 4 is 12.4 Å². The molecule has 0 atom stereocenters. The summed E-state index contributed by atoms with van der Waals surface area (Å²) in [6, 6.07) is 25.9. The predicted molar refractivity (Wildman–Crippen MR) is 155 cm³/mol. The summed E-state index contributed by atoms with van der Waals surface area (Å²) < 4.78 is 6.48. The Morgan fingerprint density at radius 3 is 2.23 bits per heavy atom. The summed E-state index contributed by atoms with van der Waals surface area (Å²) in [4.78, 5) is 32.8. The standard InChI is InChI=1S/C31H30N4O3.ClH/c1-3-4-14-28-27(30(36)35(21(2)32-28)20-23-10-6-5-7-11-23)19-22-15-17-24(18-16-22)25-12-8-9-13-26(25)29-33-31(37)38-34-29;/h5-13,15-18H,3-4,14,19-20H2,1-2H3,(H,33,34,37);1H. The van der Waals surface area contributed by atoms with Crippen LogP contribution in [0.5, 0.6) is 0 Å². The molecule has 0 unspecified atom stereocenters. The van der Waals surface area contributed by atoms with Gasteiger partial charge in [0.05, 0.1) is 12.2 Å². The molecule has 0 aliphatic rings. The highest BCUT2D eigenvalue weighted by molar-refractivity contribution is 5.85. The molecule has 39 heavy (non-hydrogen) atoms. The first-order chi connectivity index (χ1) is 18.5. The number of aromatic amines is 1. The molecule has 200 valence electrons. The van der Waals surface area contributed by atoms with Crippen molar-refractivity contribution in [3.8, 4) is 22.5 Å². The lowest BCUT2D eigenvalue weighted by Gasteiger charge is -2.16. The van der Waals surface area contributed by atoms with Crippen LogP contribution in [0.15, 0.2) is 93.0 Å². The predicted octanol–water partition coefficient (Wildman–Crippen LogP) is 5.97. The normalized spacial score (nSPS) is 10.8. The van der Waals surface area contributed by atoms with E-state index in [1.165, 1.54) is 0 Å². The van der Waals surface area contributed by atoms with Crippen LogP contribution in [0.4, 0.5) is 0 Å². The molecule has 5 aromatic rings. The van der Waals surface area contributed by atoms with Crippen molar-refractivity contribution < 1.29 is 4.52 Å². The topological polar surface area (TPSA) is 93.8 Å². The number of nitrogens with zero attached hydrogens (tertiary/aromatic N) is 3. The lowest BCUT2D eigenvalue weighted by atomic mass is 9.96. The zero-order valence-corrected chi connectivity index (χ0v) is 22.8. The van der Waals surface area contributed by atoms with E-state index in [1.807, 2.05) is 85.8 Å². The summed E-state index contributed by atoms with van der Waals surface area (Å²) in [5, 5.41) is 3.85. The van der Waals surface area contributed by atoms with Crippen LogP contribution in [0.3, 0.4) is 0 Å². The minimum atomic E-state index is -0.589. The number of nitrogens with one attached hydrogen (secondary N) is 1. The van der Waals surface area contributed by atoms with E-state index in [0.29, 0.717) is 18.8 Å². The van der Waals surface area contributed by atoms with Crippen molar-refractivity contribution in [1.29, 1.82) is 0 Å². The van der Waals surface area contributed by atoms with Crippen molar-refractivity contribution in [1.82, 2.24) is 19.7 Å². The van der Waals surface area contributed by atoms with Gasteiger partial charge < -0.3 is 0 Å². The van der Waals surface area contributed by atoms with E-state index < -0.39 is 5.76 Å². The number of aryl methyl sites for hydroxylation is 2. The summed E-state index contributed by atoms with van der Waals surface area (Å²) in [6.07, 6.45) is 3.33. The number of aromatic nitrogens is 4. The number of rotatable bonds is 9. The van der Waals surface area contributed by atoms with Gasteiger partial charge in [-0.2, -0.15) is 0 Å². The fraction of sp³-hybridized carbons (Fsp3) is 0.226. The molecule has 5 rings (SSSR count). The van der Waals surface area contributed by atoms with E-state index in [4.69, 9.17) is 9.51 Å². The molecule has 0 spiro atoms. The third-order valence-corrected chi connectivity index (χ3v) is 6.76. The van der Waals surface area contributed by atoms with E-state index in [9.17, 15) is 9.59 Å². The molecule has 0 aliphatic heterocycles. The maximum absolute atomic E-state index is 13.8. The Labute approximate surface area is 233 Å². The fourth-order valence-corrected chi connectivity index (χ4v) is 4.73. The van der Waals surface area contributed by atoms with E-state index in [-0.39, 0.29) is 18.0 Å². The second-order valence-corrected chi connectivity index (χ2v) is 9.43. The van der Waals surface area contributed by atoms with Gasteiger partial charge in [0.25, 0.3) is 5.56 Å². The van der Waals surface area contributed by atoms with Crippen LogP contribution in [0.25, 0.3) is 22.5 Å². The first kappa shape index (κ1) is 27.8. The van der Waals surface area contributed by atoms with Crippen molar-refractivity contribution in [2.24, 2.45) is 0 Å². The molecule has 0 radical (unpaired) electrons. The lowest BCUT2D eigenvalue weighted by molar-refractivity contribution is 0.388. The molecule has 0 amide bonds. The van der Waals surface area contributed by atoms with Crippen molar-refractivity contribution in [3.05, 3.63) is 128 Å². The Bertz CT molecular complexity index is 1650. The molecule has 0 bridgehead atoms. The summed E-state index contributed by atoms with van der Waals surface area (Å²) in [5.41, 5.74) is 6.46. The molecule has 0 fully saturated rings. The van der Waals surface area contributed by atoms with Crippen LogP contribution < -0.4 is 11.3 Å². The van der Waals surface area contributed by atoms with Gasteiger partial charge in [0.1, 0.15) is 5.82 Å². The largest absolute Gasteiger partial charge is 0.439 e. The highest BCUT2D eigenvalue weighted by Crippen LogP contribution is 2.30. The van der Waals surface area contributed by atoms with Gasteiger partial charge in [-0.25, -0.2) is 9.78 Å². The number of benzene rings is 3. The van der Waals surface area contributed by atoms with Crippen molar-refractivity contribution in [2.75, 3.05) is 0 Å². The van der Waals surface area contributed by atoms with Gasteiger partial charge in [-0.15, -0.1) is 12.4 Å². The summed E-state index contributed by atoms with van der Waals surface area (Å²) in [5.74, 6) is 0.542. The van der Waals surface area contributed by atoms with Gasteiger partial charge in [0, 0.05) is 17.5 Å². The summed E-state index contributed by atoms with van der Waals surface area (Å²) in [7, 11) is 0. The molecule has 0 saturated carbocycles. The van der Waals surface area contributed by atoms with Crippen LogP contribution in [0, 0.1) is 6.92 Å². The number of hydrogen-bond acceptors (Lipinski definition) is 5. The molecule has 0 aliphatic carbocycles. The zero-order chi connectivity index (χ0) is 26.5. The Kier molecular flexibility index (Phi) is 8.94. The quantitative estimate of drug-likeness (QED) is 0.248. The van der Waals surface area contributed by atoms with Gasteiger partial charge in [-0.3, -0.25) is 18.9 Å². The van der Waals surface area contributed by atoms with Gasteiger partial charge in [-0.05, 0) is 42.0 Å². The minimum Gasteiger partial charge on any atom is -0.296 e. The average molecular weight is 543 g/mol. The number of hydrogen-bond donors (Lipinski definition) is 1. The molecular formula is C31H31ClN4O3. The SMILES string of the molecule is CCCCc1nc(C)n(Cc2ccccc2)c(=O)c1Cc1ccc(-c2ccccc2-c2noc(=O)[nH]2)cc1.Cl. The molecule has 8 heteroatoms. The smallest absolute Gasteiger partial charge is 0.296 e. The van der Waals surface area contributed by atoms with Crippen LogP contribution in [0.2, 0.25) is 0 Å². The van der Waals surface area contributed by atoms with Crippen molar-refractivity contribution in [3.63, 3.8) is 0 Å².